The minimum Gasteiger partial charge on any atom is -0.329 e. The van der Waals surface area contributed by atoms with E-state index >= 15 is 0 Å². The van der Waals surface area contributed by atoms with E-state index in [1.54, 1.807) is 18.3 Å². The number of carbonyl (C=O) groups excluding carboxylic acids is 1. The molecule has 0 bridgehead atoms. The van der Waals surface area contributed by atoms with Gasteiger partial charge in [-0.2, -0.15) is 18.3 Å². The summed E-state index contributed by atoms with van der Waals surface area (Å²) >= 11 is 0. The van der Waals surface area contributed by atoms with Gasteiger partial charge in [0, 0.05) is 18.3 Å². The third-order valence-electron chi connectivity index (χ3n) is 4.31. The van der Waals surface area contributed by atoms with Crippen molar-refractivity contribution in [1.29, 1.82) is 0 Å². The SMILES string of the molecule is O=C(Cn1cc(-c2ccc(F)cc2)cn1)N1CCCCC1C(F)(F)F. The number of alkyl halides is 3. The lowest BCUT2D eigenvalue weighted by molar-refractivity contribution is -0.196. The highest BCUT2D eigenvalue weighted by molar-refractivity contribution is 5.76. The van der Waals surface area contributed by atoms with Crippen LogP contribution in [0.4, 0.5) is 17.6 Å². The van der Waals surface area contributed by atoms with Crippen LogP contribution in [0.1, 0.15) is 19.3 Å². The number of rotatable bonds is 3. The average Bonchev–Trinajstić information content (AvgIpc) is 3.03. The first-order valence-corrected chi connectivity index (χ1v) is 7.99. The summed E-state index contributed by atoms with van der Waals surface area (Å²) < 4.78 is 53.6. The van der Waals surface area contributed by atoms with Crippen molar-refractivity contribution in [2.75, 3.05) is 6.54 Å². The molecule has 0 N–H and O–H groups in total. The Kier molecular flexibility index (Phi) is 4.78. The van der Waals surface area contributed by atoms with Gasteiger partial charge in [-0.05, 0) is 37.0 Å². The van der Waals surface area contributed by atoms with Crippen LogP contribution in [-0.4, -0.2) is 39.4 Å². The second kappa shape index (κ2) is 6.85. The smallest absolute Gasteiger partial charge is 0.329 e. The summed E-state index contributed by atoms with van der Waals surface area (Å²) in [5.74, 6) is -0.967. The predicted molar refractivity (Wildman–Crippen MR) is 83.0 cm³/mol. The highest BCUT2D eigenvalue weighted by atomic mass is 19.4. The standard InChI is InChI=1S/C17H17F4N3O/c18-14-6-4-12(5-7-14)13-9-22-23(10-13)11-16(25)24-8-2-1-3-15(24)17(19,20)21/h4-7,9-10,15H,1-3,8,11H2. The highest BCUT2D eigenvalue weighted by Gasteiger charge is 2.46. The molecule has 8 heteroatoms. The summed E-state index contributed by atoms with van der Waals surface area (Å²) in [5, 5.41) is 4.03. The van der Waals surface area contributed by atoms with Crippen molar-refractivity contribution in [2.24, 2.45) is 0 Å². The summed E-state index contributed by atoms with van der Waals surface area (Å²) in [7, 11) is 0. The van der Waals surface area contributed by atoms with E-state index in [1.807, 2.05) is 0 Å². The molecule has 4 nitrogen and oxygen atoms in total. The maximum Gasteiger partial charge on any atom is 0.408 e. The number of piperidine rings is 1. The van der Waals surface area contributed by atoms with E-state index in [0.29, 0.717) is 24.0 Å². The Bertz CT molecular complexity index is 739. The van der Waals surface area contributed by atoms with E-state index in [0.717, 1.165) is 4.90 Å². The fraction of sp³-hybridized carbons (Fsp3) is 0.412. The summed E-state index contributed by atoms with van der Waals surface area (Å²) in [4.78, 5) is 13.2. The monoisotopic (exact) mass is 355 g/mol. The van der Waals surface area contributed by atoms with Crippen molar-refractivity contribution in [3.8, 4) is 11.1 Å². The third-order valence-corrected chi connectivity index (χ3v) is 4.31. The molecule has 3 rings (SSSR count). The summed E-state index contributed by atoms with van der Waals surface area (Å²) in [6.07, 6.45) is -0.382. The number of amides is 1. The van der Waals surface area contributed by atoms with Gasteiger partial charge in [-0.3, -0.25) is 9.48 Å². The number of hydrogen-bond donors (Lipinski definition) is 0. The van der Waals surface area contributed by atoms with E-state index in [-0.39, 0.29) is 25.3 Å². The van der Waals surface area contributed by atoms with Gasteiger partial charge < -0.3 is 4.90 Å². The van der Waals surface area contributed by atoms with Crippen molar-refractivity contribution in [2.45, 2.75) is 38.0 Å². The first kappa shape index (κ1) is 17.4. The molecule has 0 aliphatic carbocycles. The number of halogens is 4. The maximum atomic E-state index is 13.1. The molecule has 1 aliphatic heterocycles. The van der Waals surface area contributed by atoms with Gasteiger partial charge in [-0.25, -0.2) is 4.39 Å². The Labute approximate surface area is 142 Å². The van der Waals surface area contributed by atoms with Crippen LogP contribution in [0.25, 0.3) is 11.1 Å². The maximum absolute atomic E-state index is 13.1. The van der Waals surface area contributed by atoms with Crippen molar-refractivity contribution >= 4 is 5.91 Å². The molecule has 134 valence electrons. The van der Waals surface area contributed by atoms with Gasteiger partial charge in [-0.15, -0.1) is 0 Å². The number of carbonyl (C=O) groups is 1. The van der Waals surface area contributed by atoms with Crippen LogP contribution in [0.2, 0.25) is 0 Å². The fourth-order valence-electron chi connectivity index (χ4n) is 3.04. The number of aromatic nitrogens is 2. The molecule has 0 spiro atoms. The van der Waals surface area contributed by atoms with Crippen LogP contribution in [0.3, 0.4) is 0 Å². The molecule has 2 aromatic rings. The van der Waals surface area contributed by atoms with Crippen molar-refractivity contribution < 1.29 is 22.4 Å². The Hall–Kier alpha value is -2.38. The van der Waals surface area contributed by atoms with Crippen molar-refractivity contribution in [1.82, 2.24) is 14.7 Å². The van der Waals surface area contributed by atoms with E-state index in [9.17, 15) is 22.4 Å². The van der Waals surface area contributed by atoms with Crippen molar-refractivity contribution in [3.63, 3.8) is 0 Å². The van der Waals surface area contributed by atoms with Gasteiger partial charge in [-0.1, -0.05) is 12.1 Å². The zero-order valence-corrected chi connectivity index (χ0v) is 13.3. The third kappa shape index (κ3) is 4.00. The molecule has 1 fully saturated rings. The molecular formula is C17H17F4N3O. The predicted octanol–water partition coefficient (Wildman–Crippen LogP) is 3.63. The van der Waals surface area contributed by atoms with Crippen molar-refractivity contribution in [3.05, 3.63) is 42.5 Å². The molecule has 0 saturated carbocycles. The topological polar surface area (TPSA) is 38.1 Å². The zero-order valence-electron chi connectivity index (χ0n) is 13.3. The summed E-state index contributed by atoms with van der Waals surface area (Å²) in [6.45, 7) is -0.150. The lowest BCUT2D eigenvalue weighted by atomic mass is 10.0. The van der Waals surface area contributed by atoms with E-state index in [4.69, 9.17) is 0 Å². The van der Waals surface area contributed by atoms with Gasteiger partial charge in [0.25, 0.3) is 0 Å². The summed E-state index contributed by atoms with van der Waals surface area (Å²) in [5.41, 5.74) is 1.38. The van der Waals surface area contributed by atoms with Crippen LogP contribution in [0, 0.1) is 5.82 Å². The first-order chi connectivity index (χ1) is 11.8. The molecule has 1 aliphatic rings. The Balaban J connectivity index is 1.71. The Morgan fingerprint density at radius 2 is 1.88 bits per heavy atom. The van der Waals surface area contributed by atoms with Crippen LogP contribution < -0.4 is 0 Å². The van der Waals surface area contributed by atoms with Crippen LogP contribution in [-0.2, 0) is 11.3 Å². The second-order valence-electron chi connectivity index (χ2n) is 6.07. The minimum atomic E-state index is -4.42. The minimum absolute atomic E-state index is 0.0603. The lowest BCUT2D eigenvalue weighted by Crippen LogP contribution is -2.52. The highest BCUT2D eigenvalue weighted by Crippen LogP contribution is 2.32. The fourth-order valence-corrected chi connectivity index (χ4v) is 3.04. The van der Waals surface area contributed by atoms with E-state index < -0.39 is 18.1 Å². The largest absolute Gasteiger partial charge is 0.408 e. The van der Waals surface area contributed by atoms with E-state index in [1.165, 1.54) is 23.0 Å². The van der Waals surface area contributed by atoms with Gasteiger partial charge in [0.1, 0.15) is 18.4 Å². The molecule has 1 atom stereocenters. The second-order valence-corrected chi connectivity index (χ2v) is 6.07. The normalized spacial score (nSPS) is 18.4. The molecule has 1 saturated heterocycles. The average molecular weight is 355 g/mol. The molecule has 1 aromatic heterocycles. The molecular weight excluding hydrogens is 338 g/mol. The van der Waals surface area contributed by atoms with Crippen LogP contribution in [0.15, 0.2) is 36.7 Å². The first-order valence-electron chi connectivity index (χ1n) is 7.99. The Morgan fingerprint density at radius 1 is 1.16 bits per heavy atom. The summed E-state index contributed by atoms with van der Waals surface area (Å²) in [6, 6.07) is 4.03. The van der Waals surface area contributed by atoms with Gasteiger partial charge in [0.2, 0.25) is 5.91 Å². The number of hydrogen-bond acceptors (Lipinski definition) is 2. The molecule has 0 radical (unpaired) electrons. The number of benzene rings is 1. The number of likely N-dealkylation sites (tertiary alicyclic amines) is 1. The number of nitrogens with zero attached hydrogens (tertiary/aromatic N) is 3. The molecule has 1 unspecified atom stereocenters. The quantitative estimate of drug-likeness (QED) is 0.789. The van der Waals surface area contributed by atoms with E-state index in [2.05, 4.69) is 5.10 Å². The molecule has 25 heavy (non-hydrogen) atoms. The van der Waals surface area contributed by atoms with Gasteiger partial charge >= 0.3 is 6.18 Å². The lowest BCUT2D eigenvalue weighted by Gasteiger charge is -2.36. The molecule has 1 amide bonds. The Morgan fingerprint density at radius 3 is 2.56 bits per heavy atom. The van der Waals surface area contributed by atoms with Gasteiger partial charge in [0.15, 0.2) is 0 Å². The molecule has 2 heterocycles. The van der Waals surface area contributed by atoms with Crippen LogP contribution >= 0.6 is 0 Å². The molecule has 1 aromatic carbocycles. The zero-order chi connectivity index (χ0) is 18.0. The van der Waals surface area contributed by atoms with Gasteiger partial charge in [0.05, 0.1) is 6.20 Å². The van der Waals surface area contributed by atoms with Crippen LogP contribution in [0.5, 0.6) is 0 Å².